The van der Waals surface area contributed by atoms with Crippen LogP contribution in [0, 0.1) is 0 Å². The lowest BCUT2D eigenvalue weighted by atomic mass is 10.3. The van der Waals surface area contributed by atoms with Crippen LogP contribution in [0.3, 0.4) is 0 Å². The highest BCUT2D eigenvalue weighted by Gasteiger charge is 2.18. The minimum Gasteiger partial charge on any atom is -0.381 e. The number of aromatic nitrogens is 2. The van der Waals surface area contributed by atoms with Crippen LogP contribution < -0.4 is 16.8 Å². The first-order chi connectivity index (χ1) is 7.02. The average Bonchev–Trinajstić information content (AvgIpc) is 2.60. The molecule has 0 radical (unpaired) electrons. The zero-order chi connectivity index (χ0) is 11.4. The van der Waals surface area contributed by atoms with Gasteiger partial charge < -0.3 is 21.9 Å². The van der Waals surface area contributed by atoms with Gasteiger partial charge in [-0.25, -0.2) is 4.63 Å². The Morgan fingerprint density at radius 2 is 2.20 bits per heavy atom. The van der Waals surface area contributed by atoms with E-state index >= 15 is 0 Å². The highest BCUT2D eigenvalue weighted by atomic mass is 16.6. The van der Waals surface area contributed by atoms with Gasteiger partial charge in [0.25, 0.3) is 5.91 Å². The average molecular weight is 215 g/mol. The molecule has 0 aliphatic rings. The van der Waals surface area contributed by atoms with Gasteiger partial charge in [0.05, 0.1) is 6.54 Å². The monoisotopic (exact) mass is 215 g/mol. The third kappa shape index (κ3) is 2.64. The summed E-state index contributed by atoms with van der Waals surface area (Å²) < 4.78 is 4.18. The molecule has 0 bridgehead atoms. The molecule has 0 saturated heterocycles. The Morgan fingerprint density at radius 3 is 2.67 bits per heavy atom. The van der Waals surface area contributed by atoms with Crippen LogP contribution in [-0.4, -0.2) is 39.9 Å². The highest BCUT2D eigenvalue weighted by Crippen LogP contribution is 2.02. The fraction of sp³-hybridized carbons (Fsp3) is 0.333. The number of nitrogen functional groups attached to an aromatic ring is 1. The fourth-order valence-electron chi connectivity index (χ4n) is 0.727. The van der Waals surface area contributed by atoms with Gasteiger partial charge in [0.2, 0.25) is 17.4 Å². The number of carbonyl (C=O) groups is 2. The molecule has 0 fully saturated rings. The third-order valence-electron chi connectivity index (χ3n) is 1.51. The Morgan fingerprint density at radius 1 is 1.53 bits per heavy atom. The third-order valence-corrected chi connectivity index (χ3v) is 1.51. The molecular weight excluding hydrogens is 206 g/mol. The number of hydrogen-bond donors (Lipinski definition) is 4. The second-order valence-electron chi connectivity index (χ2n) is 2.63. The number of nitrogens with two attached hydrogens (primary N) is 2. The number of hydrogen-bond acceptors (Lipinski definition) is 7. The summed E-state index contributed by atoms with van der Waals surface area (Å²) in [4.78, 5) is 21.7. The quantitative estimate of drug-likeness (QED) is 0.423. The molecule has 6 N–H and O–H groups in total. The summed E-state index contributed by atoms with van der Waals surface area (Å²) in [6.45, 7) is -0.333. The normalized spacial score (nSPS) is 12.1. The van der Waals surface area contributed by atoms with Gasteiger partial charge in [-0.1, -0.05) is 0 Å². The van der Waals surface area contributed by atoms with Crippen LogP contribution in [0.1, 0.15) is 10.5 Å². The number of aliphatic hydroxyl groups is 1. The number of rotatable bonds is 4. The van der Waals surface area contributed by atoms with E-state index in [1.165, 1.54) is 0 Å². The molecule has 1 aromatic heterocycles. The SMILES string of the molecule is NC(=O)C(O)CNC(=O)c1nonc1N. The molecule has 0 saturated carbocycles. The van der Waals surface area contributed by atoms with Gasteiger partial charge in [-0.2, -0.15) is 0 Å². The smallest absolute Gasteiger partial charge is 0.277 e. The molecule has 2 amide bonds. The summed E-state index contributed by atoms with van der Waals surface area (Å²) in [6, 6.07) is 0. The van der Waals surface area contributed by atoms with Crippen LogP contribution in [0.4, 0.5) is 5.82 Å². The maximum absolute atomic E-state index is 11.2. The van der Waals surface area contributed by atoms with Crippen LogP contribution >= 0.6 is 0 Å². The summed E-state index contributed by atoms with van der Waals surface area (Å²) in [6.07, 6.45) is -1.46. The number of carbonyl (C=O) groups excluding carboxylic acids is 2. The predicted molar refractivity (Wildman–Crippen MR) is 46.2 cm³/mol. The second-order valence-corrected chi connectivity index (χ2v) is 2.63. The lowest BCUT2D eigenvalue weighted by molar-refractivity contribution is -0.125. The Hall–Kier alpha value is -2.16. The highest BCUT2D eigenvalue weighted by molar-refractivity contribution is 5.96. The molecule has 1 rings (SSSR count). The van der Waals surface area contributed by atoms with Crippen molar-refractivity contribution in [2.24, 2.45) is 5.73 Å². The molecule has 0 aromatic carbocycles. The molecule has 1 heterocycles. The number of aliphatic hydroxyl groups excluding tert-OH is 1. The van der Waals surface area contributed by atoms with Crippen molar-refractivity contribution in [1.82, 2.24) is 15.6 Å². The first kappa shape index (κ1) is 10.9. The van der Waals surface area contributed by atoms with Gasteiger partial charge in [0.1, 0.15) is 6.10 Å². The van der Waals surface area contributed by atoms with E-state index in [4.69, 9.17) is 16.6 Å². The topological polar surface area (TPSA) is 157 Å². The largest absolute Gasteiger partial charge is 0.381 e. The Labute approximate surface area is 83.4 Å². The summed E-state index contributed by atoms with van der Waals surface area (Å²) in [5.74, 6) is -1.84. The van der Waals surface area contributed by atoms with Crippen LogP contribution in [0.25, 0.3) is 0 Å². The molecule has 0 aliphatic carbocycles. The first-order valence-corrected chi connectivity index (χ1v) is 3.86. The number of amides is 2. The summed E-state index contributed by atoms with van der Waals surface area (Å²) in [5.41, 5.74) is 9.77. The van der Waals surface area contributed by atoms with E-state index in [1.54, 1.807) is 0 Å². The van der Waals surface area contributed by atoms with E-state index in [-0.39, 0.29) is 18.1 Å². The van der Waals surface area contributed by atoms with Crippen molar-refractivity contribution in [3.63, 3.8) is 0 Å². The van der Waals surface area contributed by atoms with Crippen molar-refractivity contribution in [3.05, 3.63) is 5.69 Å². The Bertz CT molecular complexity index is 375. The molecule has 1 unspecified atom stereocenters. The fourth-order valence-corrected chi connectivity index (χ4v) is 0.727. The van der Waals surface area contributed by atoms with Crippen molar-refractivity contribution < 1.29 is 19.3 Å². The molecule has 0 aliphatic heterocycles. The molecule has 1 aromatic rings. The number of primary amides is 1. The molecule has 15 heavy (non-hydrogen) atoms. The predicted octanol–water partition coefficient (Wildman–Crippen LogP) is -2.77. The zero-order valence-electron chi connectivity index (χ0n) is 7.51. The van der Waals surface area contributed by atoms with Gasteiger partial charge in [0, 0.05) is 0 Å². The lowest BCUT2D eigenvalue weighted by Crippen LogP contribution is -2.40. The van der Waals surface area contributed by atoms with Crippen molar-refractivity contribution >= 4 is 17.6 Å². The number of nitrogens with zero attached hydrogens (tertiary/aromatic N) is 2. The Balaban J connectivity index is 2.51. The van der Waals surface area contributed by atoms with Crippen LogP contribution in [0.15, 0.2) is 4.63 Å². The maximum atomic E-state index is 11.2. The minimum absolute atomic E-state index is 0.180. The van der Waals surface area contributed by atoms with E-state index in [2.05, 4.69) is 20.3 Å². The molecule has 9 heteroatoms. The Kier molecular flexibility index (Phi) is 3.18. The number of anilines is 1. The van der Waals surface area contributed by atoms with Gasteiger partial charge in [0.15, 0.2) is 0 Å². The lowest BCUT2D eigenvalue weighted by Gasteiger charge is -2.06. The minimum atomic E-state index is -1.46. The van der Waals surface area contributed by atoms with Gasteiger partial charge in [-0.05, 0) is 10.3 Å². The van der Waals surface area contributed by atoms with E-state index in [0.717, 1.165) is 0 Å². The van der Waals surface area contributed by atoms with Gasteiger partial charge in [-0.3, -0.25) is 9.59 Å². The van der Waals surface area contributed by atoms with E-state index in [1.807, 2.05) is 0 Å². The van der Waals surface area contributed by atoms with Gasteiger partial charge in [-0.15, -0.1) is 0 Å². The summed E-state index contributed by atoms with van der Waals surface area (Å²) in [5, 5.41) is 17.5. The second kappa shape index (κ2) is 4.37. The molecule has 0 spiro atoms. The molecule has 9 nitrogen and oxygen atoms in total. The van der Waals surface area contributed by atoms with Crippen molar-refractivity contribution in [2.45, 2.75) is 6.10 Å². The molecule has 82 valence electrons. The van der Waals surface area contributed by atoms with Crippen molar-refractivity contribution in [2.75, 3.05) is 12.3 Å². The maximum Gasteiger partial charge on any atom is 0.277 e. The first-order valence-electron chi connectivity index (χ1n) is 3.86. The van der Waals surface area contributed by atoms with Crippen LogP contribution in [-0.2, 0) is 4.79 Å². The summed E-state index contributed by atoms with van der Waals surface area (Å²) >= 11 is 0. The van der Waals surface area contributed by atoms with Gasteiger partial charge >= 0.3 is 0 Å². The molecule has 1 atom stereocenters. The van der Waals surface area contributed by atoms with Crippen LogP contribution in [0.2, 0.25) is 0 Å². The zero-order valence-corrected chi connectivity index (χ0v) is 7.51. The number of nitrogens with one attached hydrogen (secondary N) is 1. The van der Waals surface area contributed by atoms with E-state index < -0.39 is 17.9 Å². The summed E-state index contributed by atoms with van der Waals surface area (Å²) in [7, 11) is 0. The van der Waals surface area contributed by atoms with Crippen LogP contribution in [0.5, 0.6) is 0 Å². The van der Waals surface area contributed by atoms with Crippen molar-refractivity contribution in [1.29, 1.82) is 0 Å². The van der Waals surface area contributed by atoms with E-state index in [0.29, 0.717) is 0 Å². The van der Waals surface area contributed by atoms with E-state index in [9.17, 15) is 9.59 Å². The standard InChI is InChI=1S/C6H9N5O4/c7-4-3(10-15-11-4)6(14)9-1-2(12)5(8)13/h2,12H,1H2,(H2,7,11)(H2,8,13)(H,9,14). The molecular formula is C6H9N5O4. The van der Waals surface area contributed by atoms with Crippen molar-refractivity contribution in [3.8, 4) is 0 Å².